The molecule has 1 fully saturated rings. The van der Waals surface area contributed by atoms with Gasteiger partial charge in [-0.25, -0.2) is 17.9 Å². The molecule has 19 heavy (non-hydrogen) atoms. The second-order valence-electron chi connectivity index (χ2n) is 4.33. The highest BCUT2D eigenvalue weighted by molar-refractivity contribution is 7.89. The SMILES string of the molecule is CCc1ccc(S(=O)(=O)NC2COC2)cc1C(=O)O. The van der Waals surface area contributed by atoms with E-state index in [2.05, 4.69) is 4.72 Å². The lowest BCUT2D eigenvalue weighted by atomic mass is 10.1. The quantitative estimate of drug-likeness (QED) is 0.827. The highest BCUT2D eigenvalue weighted by atomic mass is 32.2. The van der Waals surface area contributed by atoms with Gasteiger partial charge in [-0.3, -0.25) is 0 Å². The van der Waals surface area contributed by atoms with Gasteiger partial charge in [-0.15, -0.1) is 0 Å². The minimum Gasteiger partial charge on any atom is -0.478 e. The molecule has 0 unspecified atom stereocenters. The van der Waals surface area contributed by atoms with E-state index in [1.54, 1.807) is 0 Å². The summed E-state index contributed by atoms with van der Waals surface area (Å²) < 4.78 is 31.5. The fourth-order valence-corrected chi connectivity index (χ4v) is 3.05. The summed E-state index contributed by atoms with van der Waals surface area (Å²) in [5.74, 6) is -1.12. The van der Waals surface area contributed by atoms with Gasteiger partial charge in [0.2, 0.25) is 10.0 Å². The summed E-state index contributed by atoms with van der Waals surface area (Å²) in [6.45, 7) is 2.51. The van der Waals surface area contributed by atoms with Gasteiger partial charge in [0.25, 0.3) is 0 Å². The lowest BCUT2D eigenvalue weighted by molar-refractivity contribution is 0.00482. The Hall–Kier alpha value is -1.44. The molecule has 0 aliphatic carbocycles. The van der Waals surface area contributed by atoms with Gasteiger partial charge in [0.15, 0.2) is 0 Å². The van der Waals surface area contributed by atoms with Crippen LogP contribution in [0.5, 0.6) is 0 Å². The van der Waals surface area contributed by atoms with Crippen LogP contribution >= 0.6 is 0 Å². The van der Waals surface area contributed by atoms with E-state index in [0.29, 0.717) is 25.2 Å². The number of rotatable bonds is 5. The van der Waals surface area contributed by atoms with Crippen LogP contribution in [0.4, 0.5) is 0 Å². The molecule has 1 saturated heterocycles. The van der Waals surface area contributed by atoms with Crippen molar-refractivity contribution in [1.29, 1.82) is 0 Å². The van der Waals surface area contributed by atoms with Crippen molar-refractivity contribution in [2.24, 2.45) is 0 Å². The maximum atomic E-state index is 12.1. The molecule has 1 aromatic rings. The lowest BCUT2D eigenvalue weighted by Crippen LogP contribution is -2.48. The first kappa shape index (κ1) is 14.0. The summed E-state index contributed by atoms with van der Waals surface area (Å²) in [5.41, 5.74) is 0.633. The number of benzene rings is 1. The van der Waals surface area contributed by atoms with Gasteiger partial charge >= 0.3 is 5.97 Å². The molecule has 2 rings (SSSR count). The van der Waals surface area contributed by atoms with Crippen LogP contribution in [0.2, 0.25) is 0 Å². The summed E-state index contributed by atoms with van der Waals surface area (Å²) in [5, 5.41) is 9.09. The van der Waals surface area contributed by atoms with Crippen molar-refractivity contribution in [2.45, 2.75) is 24.3 Å². The van der Waals surface area contributed by atoms with Crippen LogP contribution in [0.1, 0.15) is 22.8 Å². The third kappa shape index (κ3) is 2.94. The van der Waals surface area contributed by atoms with E-state index in [1.807, 2.05) is 6.92 Å². The van der Waals surface area contributed by atoms with Crippen molar-refractivity contribution in [2.75, 3.05) is 13.2 Å². The van der Waals surface area contributed by atoms with Crippen LogP contribution in [0, 0.1) is 0 Å². The Labute approximate surface area is 111 Å². The van der Waals surface area contributed by atoms with Crippen LogP contribution in [0.3, 0.4) is 0 Å². The molecule has 104 valence electrons. The third-order valence-corrected chi connectivity index (χ3v) is 4.48. The maximum absolute atomic E-state index is 12.1. The number of carbonyl (C=O) groups is 1. The van der Waals surface area contributed by atoms with Crippen LogP contribution in [0.15, 0.2) is 23.1 Å². The van der Waals surface area contributed by atoms with Gasteiger partial charge < -0.3 is 9.84 Å². The summed E-state index contributed by atoms with van der Waals surface area (Å²) in [6.07, 6.45) is 0.534. The van der Waals surface area contributed by atoms with Crippen molar-refractivity contribution >= 4 is 16.0 Å². The fraction of sp³-hybridized carbons (Fsp3) is 0.417. The Morgan fingerprint density at radius 1 is 1.47 bits per heavy atom. The van der Waals surface area contributed by atoms with Crippen molar-refractivity contribution in [3.63, 3.8) is 0 Å². The number of hydrogen-bond acceptors (Lipinski definition) is 4. The molecule has 0 atom stereocenters. The number of ether oxygens (including phenoxy) is 1. The van der Waals surface area contributed by atoms with Crippen molar-refractivity contribution in [3.8, 4) is 0 Å². The van der Waals surface area contributed by atoms with Gasteiger partial charge in [-0.2, -0.15) is 0 Å². The minimum atomic E-state index is -3.69. The van der Waals surface area contributed by atoms with Crippen molar-refractivity contribution in [1.82, 2.24) is 4.72 Å². The molecule has 1 aliphatic rings. The van der Waals surface area contributed by atoms with Gasteiger partial charge in [-0.1, -0.05) is 13.0 Å². The van der Waals surface area contributed by atoms with Crippen LogP contribution in [-0.2, 0) is 21.2 Å². The van der Waals surface area contributed by atoms with Crippen molar-refractivity contribution < 1.29 is 23.1 Å². The topological polar surface area (TPSA) is 92.7 Å². The molecule has 0 bridgehead atoms. The number of aryl methyl sites for hydroxylation is 1. The first-order chi connectivity index (χ1) is 8.94. The highest BCUT2D eigenvalue weighted by Gasteiger charge is 2.26. The van der Waals surface area contributed by atoms with E-state index in [-0.39, 0.29) is 16.5 Å². The third-order valence-electron chi connectivity index (χ3n) is 2.96. The fourth-order valence-electron chi connectivity index (χ4n) is 1.82. The molecule has 1 aromatic carbocycles. The highest BCUT2D eigenvalue weighted by Crippen LogP contribution is 2.18. The number of nitrogens with one attached hydrogen (secondary N) is 1. The molecule has 2 N–H and O–H groups in total. The molecule has 0 saturated carbocycles. The molecular formula is C12H15NO5S. The summed E-state index contributed by atoms with van der Waals surface area (Å²) in [6, 6.07) is 3.93. The van der Waals surface area contributed by atoms with Gasteiger partial charge in [0, 0.05) is 0 Å². The van der Waals surface area contributed by atoms with E-state index in [4.69, 9.17) is 9.84 Å². The Kier molecular flexibility index (Phi) is 3.88. The van der Waals surface area contributed by atoms with Crippen LogP contribution in [-0.4, -0.2) is 38.7 Å². The average Bonchev–Trinajstić information content (AvgIpc) is 2.33. The molecular weight excluding hydrogens is 270 g/mol. The summed E-state index contributed by atoms with van der Waals surface area (Å²) in [4.78, 5) is 11.1. The predicted octanol–water partition coefficient (Wildman–Crippen LogP) is 0.624. The first-order valence-corrected chi connectivity index (χ1v) is 7.38. The standard InChI is InChI=1S/C12H15NO5S/c1-2-8-3-4-10(5-11(8)12(14)15)19(16,17)13-9-6-18-7-9/h3-5,9,13H,2,6-7H2,1H3,(H,14,15). The Morgan fingerprint density at radius 2 is 2.16 bits per heavy atom. The molecule has 0 aromatic heterocycles. The zero-order valence-corrected chi connectivity index (χ0v) is 11.2. The van der Waals surface area contributed by atoms with E-state index in [1.165, 1.54) is 18.2 Å². The lowest BCUT2D eigenvalue weighted by Gasteiger charge is -2.26. The van der Waals surface area contributed by atoms with E-state index in [9.17, 15) is 13.2 Å². The second kappa shape index (κ2) is 5.28. The zero-order valence-electron chi connectivity index (χ0n) is 10.4. The molecule has 7 heteroatoms. The Morgan fingerprint density at radius 3 is 2.63 bits per heavy atom. The second-order valence-corrected chi connectivity index (χ2v) is 6.05. The minimum absolute atomic E-state index is 0.0234. The number of carboxylic acids is 1. The van der Waals surface area contributed by atoms with Gasteiger partial charge in [0.1, 0.15) is 0 Å². The predicted molar refractivity (Wildman–Crippen MR) is 67.7 cm³/mol. The number of hydrogen-bond donors (Lipinski definition) is 2. The van der Waals surface area contributed by atoms with Crippen LogP contribution < -0.4 is 4.72 Å². The van der Waals surface area contributed by atoms with Crippen molar-refractivity contribution in [3.05, 3.63) is 29.3 Å². The number of carboxylic acid groups (broad SMARTS) is 1. The monoisotopic (exact) mass is 285 g/mol. The zero-order chi connectivity index (χ0) is 14.0. The molecule has 0 amide bonds. The van der Waals surface area contributed by atoms with Gasteiger partial charge in [0.05, 0.1) is 29.7 Å². The number of aromatic carboxylic acids is 1. The number of sulfonamides is 1. The summed E-state index contributed by atoms with van der Waals surface area (Å²) >= 11 is 0. The molecule has 1 aliphatic heterocycles. The molecule has 0 spiro atoms. The maximum Gasteiger partial charge on any atom is 0.336 e. The largest absolute Gasteiger partial charge is 0.478 e. The normalized spacial score (nSPS) is 16.1. The average molecular weight is 285 g/mol. The smallest absolute Gasteiger partial charge is 0.336 e. The van der Waals surface area contributed by atoms with E-state index < -0.39 is 16.0 Å². The Balaban J connectivity index is 2.33. The van der Waals surface area contributed by atoms with E-state index in [0.717, 1.165) is 0 Å². The van der Waals surface area contributed by atoms with Crippen LogP contribution in [0.25, 0.3) is 0 Å². The molecule has 6 nitrogen and oxygen atoms in total. The summed E-state index contributed by atoms with van der Waals surface area (Å²) in [7, 11) is -3.69. The molecule has 1 heterocycles. The Bertz CT molecular complexity index is 592. The van der Waals surface area contributed by atoms with Gasteiger partial charge in [-0.05, 0) is 24.1 Å². The molecule has 0 radical (unpaired) electrons. The van der Waals surface area contributed by atoms with E-state index >= 15 is 0 Å². The first-order valence-electron chi connectivity index (χ1n) is 5.90.